The van der Waals surface area contributed by atoms with E-state index in [0.717, 1.165) is 31.1 Å². The summed E-state index contributed by atoms with van der Waals surface area (Å²) in [5.41, 5.74) is 1.22. The first-order chi connectivity index (χ1) is 10.8. The fourth-order valence-electron chi connectivity index (χ4n) is 2.60. The maximum Gasteiger partial charge on any atom is 0.261 e. The van der Waals surface area contributed by atoms with Gasteiger partial charge in [0.15, 0.2) is 0 Å². The molecule has 1 aromatic carbocycles. The van der Waals surface area contributed by atoms with Crippen LogP contribution in [0.2, 0.25) is 0 Å². The molecule has 1 fully saturated rings. The second-order valence-corrected chi connectivity index (χ2v) is 6.25. The molecule has 0 aliphatic carbocycles. The Hall–Kier alpha value is -1.69. The van der Waals surface area contributed by atoms with E-state index in [-0.39, 0.29) is 12.0 Å². The van der Waals surface area contributed by atoms with E-state index in [4.69, 9.17) is 4.74 Å². The normalized spacial score (nSPS) is 19.0. The van der Waals surface area contributed by atoms with Crippen molar-refractivity contribution in [1.82, 2.24) is 10.2 Å². The summed E-state index contributed by atoms with van der Waals surface area (Å²) in [4.78, 5) is 15.0. The lowest BCUT2D eigenvalue weighted by atomic mass is 10.1. The molecular formula is C17H20N2O2S. The molecule has 0 unspecified atom stereocenters. The third-order valence-corrected chi connectivity index (χ3v) is 4.65. The maximum atomic E-state index is 11.9. The van der Waals surface area contributed by atoms with Crippen molar-refractivity contribution < 1.29 is 9.53 Å². The molecule has 0 saturated carbocycles. The van der Waals surface area contributed by atoms with Crippen molar-refractivity contribution in [1.29, 1.82) is 0 Å². The van der Waals surface area contributed by atoms with Gasteiger partial charge in [-0.1, -0.05) is 36.4 Å². The molecular weight excluding hydrogens is 296 g/mol. The van der Waals surface area contributed by atoms with Crippen LogP contribution in [0.5, 0.6) is 0 Å². The Morgan fingerprint density at radius 1 is 1.27 bits per heavy atom. The maximum absolute atomic E-state index is 11.9. The topological polar surface area (TPSA) is 41.6 Å². The van der Waals surface area contributed by atoms with E-state index < -0.39 is 0 Å². The van der Waals surface area contributed by atoms with Crippen molar-refractivity contribution in [2.45, 2.75) is 6.10 Å². The van der Waals surface area contributed by atoms with Gasteiger partial charge >= 0.3 is 0 Å². The summed E-state index contributed by atoms with van der Waals surface area (Å²) >= 11 is 1.47. The Morgan fingerprint density at radius 3 is 2.91 bits per heavy atom. The summed E-state index contributed by atoms with van der Waals surface area (Å²) < 4.78 is 5.85. The molecule has 2 aromatic rings. The largest absolute Gasteiger partial charge is 0.371 e. The first kappa shape index (κ1) is 15.2. The van der Waals surface area contributed by atoms with Crippen molar-refractivity contribution in [3.8, 4) is 0 Å². The van der Waals surface area contributed by atoms with Crippen LogP contribution in [0.15, 0.2) is 47.8 Å². The number of carbonyl (C=O) groups is 1. The van der Waals surface area contributed by atoms with Crippen LogP contribution in [-0.2, 0) is 4.74 Å². The number of nitrogens with zero attached hydrogens (tertiary/aromatic N) is 1. The van der Waals surface area contributed by atoms with Crippen LogP contribution in [-0.4, -0.2) is 43.6 Å². The second-order valence-electron chi connectivity index (χ2n) is 5.30. The Kier molecular flexibility index (Phi) is 5.21. The van der Waals surface area contributed by atoms with Crippen LogP contribution in [0.4, 0.5) is 0 Å². The highest BCUT2D eigenvalue weighted by atomic mass is 32.1. The Bertz CT molecular complexity index is 586. The molecule has 1 atom stereocenters. The number of benzene rings is 1. The number of carbonyl (C=O) groups excluding carboxylic acids is 1. The Morgan fingerprint density at radius 2 is 2.14 bits per heavy atom. The fourth-order valence-corrected chi connectivity index (χ4v) is 3.24. The van der Waals surface area contributed by atoms with Gasteiger partial charge in [-0.2, -0.15) is 0 Å². The molecule has 1 amide bonds. The molecule has 1 N–H and O–H groups in total. The molecule has 0 radical (unpaired) electrons. The first-order valence-corrected chi connectivity index (χ1v) is 8.41. The minimum Gasteiger partial charge on any atom is -0.371 e. The first-order valence-electron chi connectivity index (χ1n) is 7.53. The summed E-state index contributed by atoms with van der Waals surface area (Å²) in [6, 6.07) is 14.0. The average molecular weight is 316 g/mol. The number of nitrogens with one attached hydrogen (secondary N) is 1. The summed E-state index contributed by atoms with van der Waals surface area (Å²) in [5.74, 6) is 0.0165. The molecule has 1 saturated heterocycles. The van der Waals surface area contributed by atoms with Gasteiger partial charge in [0.1, 0.15) is 0 Å². The van der Waals surface area contributed by atoms with Crippen molar-refractivity contribution in [3.63, 3.8) is 0 Å². The van der Waals surface area contributed by atoms with E-state index in [2.05, 4.69) is 22.3 Å². The second kappa shape index (κ2) is 7.54. The zero-order valence-corrected chi connectivity index (χ0v) is 13.2. The molecule has 1 aliphatic heterocycles. The molecule has 0 bridgehead atoms. The lowest BCUT2D eigenvalue weighted by Gasteiger charge is -2.33. The molecule has 5 heteroatoms. The predicted octanol–water partition coefficient (Wildman–Crippen LogP) is 2.55. The standard InChI is InChI=1S/C17H20N2O2S/c20-17(16-7-4-12-22-16)18-8-9-19-10-11-21-15(13-19)14-5-2-1-3-6-14/h1-7,12,15H,8-11,13H2,(H,18,20)/t15-/m0/s1. The monoisotopic (exact) mass is 316 g/mol. The van der Waals surface area contributed by atoms with Crippen LogP contribution in [0.25, 0.3) is 0 Å². The van der Waals surface area contributed by atoms with Crippen LogP contribution >= 0.6 is 11.3 Å². The van der Waals surface area contributed by atoms with E-state index in [1.165, 1.54) is 16.9 Å². The highest BCUT2D eigenvalue weighted by Crippen LogP contribution is 2.21. The Labute approximate surface area is 134 Å². The Balaban J connectivity index is 1.46. The SMILES string of the molecule is O=C(NCCN1CCO[C@H](c2ccccc2)C1)c1cccs1. The average Bonchev–Trinajstić information content (AvgIpc) is 3.10. The van der Waals surface area contributed by atoms with E-state index in [1.807, 2.05) is 35.7 Å². The predicted molar refractivity (Wildman–Crippen MR) is 88.2 cm³/mol. The summed E-state index contributed by atoms with van der Waals surface area (Å²) in [5, 5.41) is 4.89. The van der Waals surface area contributed by atoms with Crippen LogP contribution in [0.3, 0.4) is 0 Å². The minimum absolute atomic E-state index is 0.0165. The van der Waals surface area contributed by atoms with Gasteiger partial charge in [0, 0.05) is 26.2 Å². The minimum atomic E-state index is 0.0165. The molecule has 1 aliphatic rings. The van der Waals surface area contributed by atoms with Crippen LogP contribution in [0, 0.1) is 0 Å². The van der Waals surface area contributed by atoms with Gasteiger partial charge in [0.25, 0.3) is 5.91 Å². The highest BCUT2D eigenvalue weighted by Gasteiger charge is 2.21. The van der Waals surface area contributed by atoms with Gasteiger partial charge in [0.2, 0.25) is 0 Å². The third-order valence-electron chi connectivity index (χ3n) is 3.78. The number of hydrogen-bond donors (Lipinski definition) is 1. The zero-order chi connectivity index (χ0) is 15.2. The van der Waals surface area contributed by atoms with E-state index in [1.54, 1.807) is 0 Å². The van der Waals surface area contributed by atoms with E-state index in [9.17, 15) is 4.79 Å². The quantitative estimate of drug-likeness (QED) is 0.922. The van der Waals surface area contributed by atoms with Crippen molar-refractivity contribution in [2.24, 2.45) is 0 Å². The number of rotatable bonds is 5. The van der Waals surface area contributed by atoms with Crippen molar-refractivity contribution in [3.05, 3.63) is 58.3 Å². The zero-order valence-electron chi connectivity index (χ0n) is 12.4. The lowest BCUT2D eigenvalue weighted by Crippen LogP contribution is -2.42. The van der Waals surface area contributed by atoms with Gasteiger partial charge < -0.3 is 10.1 Å². The summed E-state index contributed by atoms with van der Waals surface area (Å²) in [6.07, 6.45) is 0.128. The number of hydrogen-bond acceptors (Lipinski definition) is 4. The molecule has 22 heavy (non-hydrogen) atoms. The molecule has 3 rings (SSSR count). The van der Waals surface area contributed by atoms with E-state index >= 15 is 0 Å². The van der Waals surface area contributed by atoms with Crippen LogP contribution < -0.4 is 5.32 Å². The van der Waals surface area contributed by atoms with Gasteiger partial charge in [0.05, 0.1) is 17.6 Å². The molecule has 4 nitrogen and oxygen atoms in total. The third kappa shape index (κ3) is 3.94. The van der Waals surface area contributed by atoms with Crippen LogP contribution in [0.1, 0.15) is 21.3 Å². The molecule has 2 heterocycles. The number of thiophene rings is 1. The van der Waals surface area contributed by atoms with E-state index in [0.29, 0.717) is 6.54 Å². The fraction of sp³-hybridized carbons (Fsp3) is 0.353. The molecule has 116 valence electrons. The van der Waals surface area contributed by atoms with Crippen molar-refractivity contribution >= 4 is 17.2 Å². The van der Waals surface area contributed by atoms with Gasteiger partial charge in [-0.25, -0.2) is 0 Å². The highest BCUT2D eigenvalue weighted by molar-refractivity contribution is 7.12. The van der Waals surface area contributed by atoms with Gasteiger partial charge in [-0.05, 0) is 17.0 Å². The van der Waals surface area contributed by atoms with Crippen molar-refractivity contribution in [2.75, 3.05) is 32.8 Å². The van der Waals surface area contributed by atoms with Gasteiger partial charge in [-0.15, -0.1) is 11.3 Å². The number of amides is 1. The van der Waals surface area contributed by atoms with Gasteiger partial charge in [-0.3, -0.25) is 9.69 Å². The summed E-state index contributed by atoms with van der Waals surface area (Å²) in [6.45, 7) is 4.04. The number of ether oxygens (including phenoxy) is 1. The lowest BCUT2D eigenvalue weighted by molar-refractivity contribution is -0.0293. The molecule has 0 spiro atoms. The molecule has 1 aromatic heterocycles. The smallest absolute Gasteiger partial charge is 0.261 e. The number of morpholine rings is 1. The summed E-state index contributed by atoms with van der Waals surface area (Å²) in [7, 11) is 0.